The molecular weight excluding hydrogens is 633 g/mol. The van der Waals surface area contributed by atoms with E-state index in [1.165, 1.54) is 0 Å². The molecule has 0 radical (unpaired) electrons. The van der Waals surface area contributed by atoms with Gasteiger partial charge in [-0.15, -0.1) is 23.1 Å². The lowest BCUT2D eigenvalue weighted by atomic mass is 10.1. The van der Waals surface area contributed by atoms with Crippen molar-refractivity contribution in [2.45, 2.75) is 94.6 Å². The fourth-order valence-corrected chi connectivity index (χ4v) is 8.82. The number of thioether (sulfide) groups is 1. The molecule has 3 saturated heterocycles. The Morgan fingerprint density at radius 3 is 2.53 bits per heavy atom. The summed E-state index contributed by atoms with van der Waals surface area (Å²) < 4.78 is 11.3. The van der Waals surface area contributed by atoms with Gasteiger partial charge in [-0.25, -0.2) is 19.6 Å². The normalized spacial score (nSPS) is 23.0. The summed E-state index contributed by atoms with van der Waals surface area (Å²) in [6.45, 7) is 12.8. The molecule has 3 fully saturated rings. The van der Waals surface area contributed by atoms with Crippen LogP contribution in [0.3, 0.4) is 0 Å². The van der Waals surface area contributed by atoms with Gasteiger partial charge in [0.2, 0.25) is 0 Å². The number of nitrogens with zero attached hydrogens (tertiary/aromatic N) is 4. The highest BCUT2D eigenvalue weighted by Crippen LogP contribution is 2.70. The molecule has 1 spiro atoms. The van der Waals surface area contributed by atoms with Crippen molar-refractivity contribution in [3.05, 3.63) is 58.6 Å². The molecule has 1 aromatic carbocycles. The van der Waals surface area contributed by atoms with Crippen molar-refractivity contribution < 1.29 is 19.1 Å². The molecule has 3 atom stereocenters. The Morgan fingerprint density at radius 1 is 0.957 bits per heavy atom. The average molecular weight is 675 g/mol. The van der Waals surface area contributed by atoms with Crippen molar-refractivity contribution in [1.29, 1.82) is 0 Å². The third kappa shape index (κ3) is 6.54. The lowest BCUT2D eigenvalue weighted by Crippen LogP contribution is -2.41. The molecule has 0 bridgehead atoms. The molecule has 2 amide bonds. The molecule has 0 saturated carbocycles. The highest BCUT2D eigenvalue weighted by atomic mass is 32.2. The van der Waals surface area contributed by atoms with Gasteiger partial charge in [-0.05, 0) is 103 Å². The standard InChI is InChI=1S/C35H42N6O4S2/c1-33(2,3)44-31(42)40-17-7-9-26(40)29-36-20-25(39-29)27-15-13-22(46-27)12-10-21-11-14-23-24(19-21)38-30(37-23)28-35(47-28)16-8-18-41(35)32(43)45-34(4,5)6/h10-15,19-20,26,28H,7-9,16-18H2,1-6H3,(H,36,39)(H,37,38). The molecule has 2 N–H and O–H groups in total. The molecule has 0 aliphatic carbocycles. The summed E-state index contributed by atoms with van der Waals surface area (Å²) in [5.41, 5.74) is 2.86. The SMILES string of the molecule is CC(C)(C)OC(=O)N1CCCC1c1ncc(-c2ccc(C=Cc3ccc4nc(C5SC56CCCN6C(=O)OC(C)(C)C)[nH]c4c3)s2)[nH]1. The number of aromatic nitrogens is 4. The zero-order valence-electron chi connectivity index (χ0n) is 27.8. The third-order valence-corrected chi connectivity index (χ3v) is 11.3. The summed E-state index contributed by atoms with van der Waals surface area (Å²) in [7, 11) is 0. The van der Waals surface area contributed by atoms with Crippen LogP contribution in [0, 0.1) is 0 Å². The maximum Gasteiger partial charge on any atom is 0.411 e. The van der Waals surface area contributed by atoms with Crippen LogP contribution in [0.1, 0.15) is 101 Å². The highest BCUT2D eigenvalue weighted by molar-refractivity contribution is 8.08. The number of carbonyl (C=O) groups is 2. The summed E-state index contributed by atoms with van der Waals surface area (Å²) in [6.07, 6.45) is 9.25. The monoisotopic (exact) mass is 674 g/mol. The highest BCUT2D eigenvalue weighted by Gasteiger charge is 2.65. The van der Waals surface area contributed by atoms with Crippen LogP contribution in [0.5, 0.6) is 0 Å². The van der Waals surface area contributed by atoms with E-state index in [4.69, 9.17) is 14.5 Å². The number of H-pyrrole nitrogens is 2. The van der Waals surface area contributed by atoms with Crippen LogP contribution < -0.4 is 0 Å². The van der Waals surface area contributed by atoms with Crippen molar-refractivity contribution >= 4 is 58.5 Å². The number of carbonyl (C=O) groups excluding carboxylic acids is 2. The summed E-state index contributed by atoms with van der Waals surface area (Å²) in [4.78, 5) is 47.9. The Kier molecular flexibility index (Phi) is 7.94. The van der Waals surface area contributed by atoms with Gasteiger partial charge in [0, 0.05) is 18.0 Å². The first-order valence-electron chi connectivity index (χ1n) is 16.3. The minimum atomic E-state index is -0.534. The first-order valence-corrected chi connectivity index (χ1v) is 18.0. The molecule has 4 aromatic rings. The molecule has 10 nitrogen and oxygen atoms in total. The quantitative estimate of drug-likeness (QED) is 0.203. The number of nitrogens with one attached hydrogen (secondary N) is 2. The van der Waals surface area contributed by atoms with Crippen molar-refractivity contribution in [1.82, 2.24) is 29.7 Å². The number of amides is 2. The van der Waals surface area contributed by atoms with Gasteiger partial charge in [-0.2, -0.15) is 0 Å². The molecule has 248 valence electrons. The molecule has 3 aliphatic heterocycles. The van der Waals surface area contributed by atoms with Crippen LogP contribution in [0.4, 0.5) is 9.59 Å². The Morgan fingerprint density at radius 2 is 1.74 bits per heavy atom. The van der Waals surface area contributed by atoms with Gasteiger partial charge in [0.1, 0.15) is 27.7 Å². The largest absolute Gasteiger partial charge is 0.444 e. The van der Waals surface area contributed by atoms with E-state index in [9.17, 15) is 9.59 Å². The average Bonchev–Trinajstić information content (AvgIpc) is 3.65. The lowest BCUT2D eigenvalue weighted by Gasteiger charge is -2.28. The van der Waals surface area contributed by atoms with Crippen LogP contribution in [-0.2, 0) is 9.47 Å². The van der Waals surface area contributed by atoms with Crippen molar-refractivity contribution in [3.8, 4) is 10.6 Å². The first kappa shape index (κ1) is 31.8. The van der Waals surface area contributed by atoms with Crippen LogP contribution in [0.25, 0.3) is 33.8 Å². The number of fused-ring (bicyclic) bond motifs is 1. The number of benzene rings is 1. The van der Waals surface area contributed by atoms with Gasteiger partial charge in [-0.1, -0.05) is 12.1 Å². The van der Waals surface area contributed by atoms with E-state index in [1.54, 1.807) is 28.0 Å². The zero-order valence-corrected chi connectivity index (χ0v) is 29.4. The smallest absolute Gasteiger partial charge is 0.411 e. The molecule has 3 unspecified atom stereocenters. The zero-order chi connectivity index (χ0) is 33.1. The van der Waals surface area contributed by atoms with Crippen LogP contribution >= 0.6 is 23.1 Å². The number of thiophene rings is 1. The number of hydrogen-bond acceptors (Lipinski definition) is 8. The molecule has 7 rings (SSSR count). The maximum atomic E-state index is 12.9. The minimum Gasteiger partial charge on any atom is -0.444 e. The Balaban J connectivity index is 1.01. The number of imidazole rings is 2. The maximum absolute atomic E-state index is 12.9. The van der Waals surface area contributed by atoms with E-state index in [1.807, 2.05) is 58.7 Å². The predicted molar refractivity (Wildman–Crippen MR) is 187 cm³/mol. The Labute approximate surface area is 283 Å². The molecular formula is C35H42N6O4S2. The molecule has 47 heavy (non-hydrogen) atoms. The van der Waals surface area contributed by atoms with Gasteiger partial charge in [0.15, 0.2) is 0 Å². The summed E-state index contributed by atoms with van der Waals surface area (Å²) in [5.74, 6) is 1.71. The van der Waals surface area contributed by atoms with Crippen LogP contribution in [-0.4, -0.2) is 71.1 Å². The van der Waals surface area contributed by atoms with E-state index in [-0.39, 0.29) is 28.3 Å². The second kappa shape index (κ2) is 11.7. The van der Waals surface area contributed by atoms with Gasteiger partial charge in [0.25, 0.3) is 0 Å². The Hall–Kier alpha value is -3.77. The predicted octanol–water partition coefficient (Wildman–Crippen LogP) is 8.77. The minimum absolute atomic E-state index is 0.109. The second-order valence-electron chi connectivity index (χ2n) is 14.5. The molecule has 3 aromatic heterocycles. The first-order chi connectivity index (χ1) is 22.3. The number of likely N-dealkylation sites (tertiary alicyclic amines) is 2. The van der Waals surface area contributed by atoms with E-state index in [0.29, 0.717) is 13.1 Å². The molecule has 6 heterocycles. The summed E-state index contributed by atoms with van der Waals surface area (Å²) in [5, 5.41) is 0.116. The number of rotatable bonds is 5. The third-order valence-electron chi connectivity index (χ3n) is 8.56. The van der Waals surface area contributed by atoms with Gasteiger partial charge in [-0.3, -0.25) is 9.80 Å². The van der Waals surface area contributed by atoms with Gasteiger partial charge < -0.3 is 19.4 Å². The topological polar surface area (TPSA) is 116 Å². The second-order valence-corrected chi connectivity index (χ2v) is 17.1. The van der Waals surface area contributed by atoms with Crippen molar-refractivity contribution in [2.75, 3.05) is 13.1 Å². The molecule has 12 heteroatoms. The van der Waals surface area contributed by atoms with Crippen molar-refractivity contribution in [3.63, 3.8) is 0 Å². The summed E-state index contributed by atoms with van der Waals surface area (Å²) in [6, 6.07) is 10.3. The fourth-order valence-electron chi connectivity index (χ4n) is 6.47. The van der Waals surface area contributed by atoms with E-state index in [0.717, 1.165) is 69.4 Å². The summed E-state index contributed by atoms with van der Waals surface area (Å²) >= 11 is 3.47. The number of hydrogen-bond donors (Lipinski definition) is 2. The number of ether oxygens (including phenoxy) is 2. The lowest BCUT2D eigenvalue weighted by molar-refractivity contribution is 0.0209. The fraction of sp³-hybridized carbons (Fsp3) is 0.486. The van der Waals surface area contributed by atoms with Crippen LogP contribution in [0.15, 0.2) is 36.5 Å². The van der Waals surface area contributed by atoms with E-state index >= 15 is 0 Å². The van der Waals surface area contributed by atoms with Crippen molar-refractivity contribution in [2.24, 2.45) is 0 Å². The van der Waals surface area contributed by atoms with Gasteiger partial charge >= 0.3 is 12.2 Å². The van der Waals surface area contributed by atoms with Crippen LogP contribution in [0.2, 0.25) is 0 Å². The van der Waals surface area contributed by atoms with E-state index < -0.39 is 11.2 Å². The van der Waals surface area contributed by atoms with Gasteiger partial charge in [0.05, 0.1) is 39.1 Å². The molecule has 3 aliphatic rings. The number of aromatic amines is 2. The Bertz CT molecular complexity index is 1850. The van der Waals surface area contributed by atoms with E-state index in [2.05, 4.69) is 51.4 Å².